The lowest BCUT2D eigenvalue weighted by atomic mass is 9.86. The zero-order valence-electron chi connectivity index (χ0n) is 15.6. The van der Waals surface area contributed by atoms with Crippen LogP contribution in [0.4, 0.5) is 0 Å². The summed E-state index contributed by atoms with van der Waals surface area (Å²) >= 11 is 0. The van der Waals surface area contributed by atoms with Crippen LogP contribution in [-0.2, 0) is 6.54 Å². The van der Waals surface area contributed by atoms with Gasteiger partial charge in [-0.2, -0.15) is 0 Å². The Labute approximate surface area is 154 Å². The van der Waals surface area contributed by atoms with E-state index in [1.54, 1.807) is 7.11 Å². The normalized spacial score (nSPS) is 26.9. The number of aryl methyl sites for hydroxylation is 1. The first-order valence-electron chi connectivity index (χ1n) is 9.54. The number of benzene rings is 1. The van der Waals surface area contributed by atoms with Crippen molar-refractivity contribution < 1.29 is 9.26 Å². The number of aromatic nitrogens is 1. The van der Waals surface area contributed by atoms with Crippen molar-refractivity contribution in [2.75, 3.05) is 20.2 Å². The average molecular weight is 356 g/mol. The molecule has 2 saturated heterocycles. The molecule has 3 heterocycles. The number of para-hydroxylation sites is 1. The van der Waals surface area contributed by atoms with E-state index < -0.39 is 0 Å². The maximum Gasteiger partial charge on any atom is 0.143 e. The maximum absolute atomic E-state index is 5.59. The fourth-order valence-electron chi connectivity index (χ4n) is 4.39. The van der Waals surface area contributed by atoms with Crippen molar-refractivity contribution in [2.45, 2.75) is 50.7 Å². The van der Waals surface area contributed by atoms with Gasteiger partial charge in [-0.3, -0.25) is 15.8 Å². The van der Waals surface area contributed by atoms with Crippen LogP contribution < -0.4 is 15.6 Å². The highest BCUT2D eigenvalue weighted by Gasteiger charge is 2.40. The maximum atomic E-state index is 5.59. The van der Waals surface area contributed by atoms with E-state index in [1.165, 1.54) is 24.8 Å². The van der Waals surface area contributed by atoms with Gasteiger partial charge in [0.2, 0.25) is 0 Å². The predicted octanol–water partition coefficient (Wildman–Crippen LogP) is 2.61. The van der Waals surface area contributed by atoms with Crippen LogP contribution in [0.25, 0.3) is 0 Å². The quantitative estimate of drug-likeness (QED) is 0.859. The van der Waals surface area contributed by atoms with Crippen molar-refractivity contribution in [3.8, 4) is 5.75 Å². The molecule has 6 nitrogen and oxygen atoms in total. The van der Waals surface area contributed by atoms with E-state index in [9.17, 15) is 0 Å². The van der Waals surface area contributed by atoms with Crippen LogP contribution in [0.15, 0.2) is 34.9 Å². The van der Waals surface area contributed by atoms with Crippen molar-refractivity contribution >= 4 is 0 Å². The molecule has 0 radical (unpaired) electrons. The molecular formula is C20H28N4O2. The molecule has 3 atom stereocenters. The van der Waals surface area contributed by atoms with Crippen molar-refractivity contribution in [1.29, 1.82) is 0 Å². The van der Waals surface area contributed by atoms with Gasteiger partial charge in [0, 0.05) is 36.8 Å². The number of ether oxygens (including phenoxy) is 1. The molecule has 1 aromatic heterocycles. The van der Waals surface area contributed by atoms with Crippen molar-refractivity contribution in [3.63, 3.8) is 0 Å². The van der Waals surface area contributed by atoms with Gasteiger partial charge in [0.1, 0.15) is 11.5 Å². The molecular weight excluding hydrogens is 328 g/mol. The Hall–Kier alpha value is -1.89. The number of hydrazine groups is 1. The van der Waals surface area contributed by atoms with Crippen LogP contribution in [0.1, 0.15) is 42.2 Å². The summed E-state index contributed by atoms with van der Waals surface area (Å²) in [7, 11) is 1.75. The van der Waals surface area contributed by atoms with Crippen LogP contribution in [0.2, 0.25) is 0 Å². The molecule has 6 heteroatoms. The van der Waals surface area contributed by atoms with Gasteiger partial charge in [-0.15, -0.1) is 0 Å². The first-order chi connectivity index (χ1) is 12.8. The Morgan fingerprint density at radius 1 is 1.31 bits per heavy atom. The van der Waals surface area contributed by atoms with Gasteiger partial charge in [0.15, 0.2) is 0 Å². The van der Waals surface area contributed by atoms with Gasteiger partial charge < -0.3 is 9.26 Å². The van der Waals surface area contributed by atoms with Crippen LogP contribution >= 0.6 is 0 Å². The zero-order valence-corrected chi connectivity index (χ0v) is 15.6. The minimum atomic E-state index is 0.305. The second-order valence-corrected chi connectivity index (χ2v) is 7.37. The average Bonchev–Trinajstić information content (AvgIpc) is 3.31. The number of nitrogens with zero attached hydrogens (tertiary/aromatic N) is 2. The topological polar surface area (TPSA) is 62.6 Å². The second-order valence-electron chi connectivity index (χ2n) is 7.37. The Morgan fingerprint density at radius 3 is 3.00 bits per heavy atom. The minimum absolute atomic E-state index is 0.305. The summed E-state index contributed by atoms with van der Waals surface area (Å²) in [6, 6.07) is 11.2. The molecule has 2 aliphatic rings. The Kier molecular flexibility index (Phi) is 5.24. The summed E-state index contributed by atoms with van der Waals surface area (Å²) in [6.45, 7) is 4.88. The molecule has 0 bridgehead atoms. The fourth-order valence-corrected chi connectivity index (χ4v) is 4.39. The Balaban J connectivity index is 1.55. The summed E-state index contributed by atoms with van der Waals surface area (Å²) in [5.74, 6) is 2.25. The van der Waals surface area contributed by atoms with Crippen LogP contribution in [0, 0.1) is 6.92 Å². The molecule has 1 aromatic carbocycles. The lowest BCUT2D eigenvalue weighted by molar-refractivity contribution is 0.102. The first-order valence-corrected chi connectivity index (χ1v) is 9.54. The summed E-state index contributed by atoms with van der Waals surface area (Å²) < 4.78 is 11.2. The SMILES string of the molecule is COc1ccccc1CN1CCCCC1C1NNCC1c1cc(C)no1. The van der Waals surface area contributed by atoms with Gasteiger partial charge in [-0.25, -0.2) is 0 Å². The summed E-state index contributed by atoms with van der Waals surface area (Å²) in [5, 5.41) is 4.09. The van der Waals surface area contributed by atoms with E-state index in [0.717, 1.165) is 36.8 Å². The molecule has 4 rings (SSSR count). The van der Waals surface area contributed by atoms with Gasteiger partial charge in [0.05, 0.1) is 18.7 Å². The highest BCUT2D eigenvalue weighted by molar-refractivity contribution is 5.33. The van der Waals surface area contributed by atoms with Crippen molar-refractivity contribution in [1.82, 2.24) is 20.9 Å². The van der Waals surface area contributed by atoms with E-state index in [4.69, 9.17) is 9.26 Å². The molecule has 3 unspecified atom stereocenters. The van der Waals surface area contributed by atoms with Crippen LogP contribution in [-0.4, -0.2) is 42.3 Å². The lowest BCUT2D eigenvalue weighted by Crippen LogP contribution is -2.52. The molecule has 2 aromatic rings. The molecule has 0 aliphatic carbocycles. The zero-order chi connectivity index (χ0) is 17.9. The third kappa shape index (κ3) is 3.49. The molecule has 2 aliphatic heterocycles. The second kappa shape index (κ2) is 7.78. The number of methoxy groups -OCH3 is 1. The number of hydrogen-bond acceptors (Lipinski definition) is 6. The summed E-state index contributed by atoms with van der Waals surface area (Å²) in [6.07, 6.45) is 3.71. The molecule has 26 heavy (non-hydrogen) atoms. The Morgan fingerprint density at radius 2 is 2.19 bits per heavy atom. The van der Waals surface area contributed by atoms with Gasteiger partial charge >= 0.3 is 0 Å². The summed E-state index contributed by atoms with van der Waals surface area (Å²) in [5.41, 5.74) is 9.06. The van der Waals surface area contributed by atoms with E-state index in [-0.39, 0.29) is 0 Å². The van der Waals surface area contributed by atoms with Crippen LogP contribution in [0.5, 0.6) is 5.75 Å². The monoisotopic (exact) mass is 356 g/mol. The highest BCUT2D eigenvalue weighted by atomic mass is 16.5. The van der Waals surface area contributed by atoms with Crippen molar-refractivity contribution in [2.24, 2.45) is 0 Å². The lowest BCUT2D eigenvalue weighted by Gasteiger charge is -2.40. The van der Waals surface area contributed by atoms with E-state index in [2.05, 4.69) is 39.1 Å². The van der Waals surface area contributed by atoms with Gasteiger partial charge in [-0.1, -0.05) is 29.8 Å². The fraction of sp³-hybridized carbons (Fsp3) is 0.550. The molecule has 0 spiro atoms. The molecule has 0 saturated carbocycles. The Bertz CT molecular complexity index is 732. The molecule has 140 valence electrons. The third-order valence-corrected chi connectivity index (χ3v) is 5.68. The van der Waals surface area contributed by atoms with E-state index in [1.807, 2.05) is 19.1 Å². The number of piperidine rings is 1. The van der Waals surface area contributed by atoms with E-state index >= 15 is 0 Å². The number of rotatable bonds is 5. The number of likely N-dealkylation sites (tertiary alicyclic amines) is 1. The number of hydrogen-bond donors (Lipinski definition) is 2. The minimum Gasteiger partial charge on any atom is -0.496 e. The van der Waals surface area contributed by atoms with Crippen molar-refractivity contribution in [3.05, 3.63) is 47.3 Å². The van der Waals surface area contributed by atoms with Gasteiger partial charge in [-0.05, 0) is 32.4 Å². The molecule has 2 N–H and O–H groups in total. The largest absolute Gasteiger partial charge is 0.496 e. The predicted molar refractivity (Wildman–Crippen MR) is 100.0 cm³/mol. The third-order valence-electron chi connectivity index (χ3n) is 5.68. The molecule has 0 amide bonds. The summed E-state index contributed by atoms with van der Waals surface area (Å²) in [4.78, 5) is 2.60. The first kappa shape index (κ1) is 17.5. The van der Waals surface area contributed by atoms with Gasteiger partial charge in [0.25, 0.3) is 0 Å². The molecule has 2 fully saturated rings. The van der Waals surface area contributed by atoms with E-state index in [0.29, 0.717) is 18.0 Å². The highest BCUT2D eigenvalue weighted by Crippen LogP contribution is 2.32. The standard InChI is InChI=1S/C20H28N4O2/c1-14-11-19(26-23-14)16-12-21-22-20(16)17-8-5-6-10-24(17)13-15-7-3-4-9-18(15)25-2/h3-4,7,9,11,16-17,20-22H,5-6,8,10,12-13H2,1-2H3. The smallest absolute Gasteiger partial charge is 0.143 e. The van der Waals surface area contributed by atoms with Crippen LogP contribution in [0.3, 0.4) is 0 Å². The number of nitrogens with one attached hydrogen (secondary N) is 2.